The van der Waals surface area contributed by atoms with Crippen molar-refractivity contribution in [1.82, 2.24) is 0 Å². The lowest BCUT2D eigenvalue weighted by Gasteiger charge is -1.89. The molecule has 4 heteroatoms. The quantitative estimate of drug-likeness (QED) is 0.340. The van der Waals surface area contributed by atoms with E-state index in [0.29, 0.717) is 0 Å². The molecule has 0 amide bonds. The zero-order valence-corrected chi connectivity index (χ0v) is 5.68. The number of allylic oxidation sites excluding steroid dienone is 2. The second-order valence-corrected chi connectivity index (χ2v) is 1.75. The molecule has 0 spiro atoms. The van der Waals surface area contributed by atoms with Gasteiger partial charge in [-0.3, -0.25) is 10.1 Å². The average molecular weight is 148 g/mol. The van der Waals surface area contributed by atoms with Gasteiger partial charge in [-0.2, -0.15) is 0 Å². The predicted molar refractivity (Wildman–Crippen MR) is 35.7 cm³/mol. The van der Waals surface area contributed by atoms with Gasteiger partial charge in [-0.1, -0.05) is 17.7 Å². The highest BCUT2D eigenvalue weighted by Crippen LogP contribution is 2.11. The van der Waals surface area contributed by atoms with Crippen molar-refractivity contribution in [2.24, 2.45) is 0 Å². The molecule has 0 fully saturated rings. The van der Waals surface area contributed by atoms with E-state index in [-0.39, 0.29) is 10.7 Å². The normalized spacial score (nSPS) is 11.1. The van der Waals surface area contributed by atoms with E-state index in [1.165, 1.54) is 6.08 Å². The molecule has 0 bridgehead atoms. The first kappa shape index (κ1) is 8.17. The van der Waals surface area contributed by atoms with Crippen molar-refractivity contribution in [3.05, 3.63) is 33.5 Å². The largest absolute Gasteiger partial charge is 0.280 e. The van der Waals surface area contributed by atoms with Crippen molar-refractivity contribution in [3.8, 4) is 0 Å². The Morgan fingerprint density at radius 2 is 2.33 bits per heavy atom. The molecule has 0 saturated heterocycles. The highest BCUT2D eigenvalue weighted by Gasteiger charge is 2.08. The first-order chi connectivity index (χ1) is 4.09. The number of halogens is 1. The Morgan fingerprint density at radius 3 is 2.44 bits per heavy atom. The van der Waals surface area contributed by atoms with E-state index in [1.54, 1.807) is 6.92 Å². The third-order valence-electron chi connectivity index (χ3n) is 0.750. The molecule has 0 aliphatic carbocycles. The van der Waals surface area contributed by atoms with E-state index in [0.717, 1.165) is 0 Å². The van der Waals surface area contributed by atoms with Crippen LogP contribution in [0, 0.1) is 10.1 Å². The summed E-state index contributed by atoms with van der Waals surface area (Å²) in [7, 11) is 0. The average Bonchev–Trinajstić information content (AvgIpc) is 1.84. The fraction of sp³-hybridized carbons (Fsp3) is 0.200. The van der Waals surface area contributed by atoms with Crippen LogP contribution in [0.25, 0.3) is 0 Å². The van der Waals surface area contributed by atoms with Crippen molar-refractivity contribution in [2.75, 3.05) is 0 Å². The molecule has 9 heavy (non-hydrogen) atoms. The molecule has 0 unspecified atom stereocenters. The summed E-state index contributed by atoms with van der Waals surface area (Å²) in [4.78, 5) is 9.26. The van der Waals surface area contributed by atoms with E-state index in [1.807, 2.05) is 0 Å². The highest BCUT2D eigenvalue weighted by atomic mass is 35.5. The van der Waals surface area contributed by atoms with Crippen LogP contribution < -0.4 is 0 Å². The van der Waals surface area contributed by atoms with Gasteiger partial charge >= 0.3 is 0 Å². The third-order valence-corrected chi connectivity index (χ3v) is 1.19. The Labute approximate surface area is 57.8 Å². The summed E-state index contributed by atoms with van der Waals surface area (Å²) in [6.07, 6.45) is 1.42. The molecule has 0 aliphatic heterocycles. The Hall–Kier alpha value is -0.830. The minimum Gasteiger partial charge on any atom is -0.258 e. The molecule has 50 valence electrons. The van der Waals surface area contributed by atoms with Crippen LogP contribution in [0.15, 0.2) is 23.4 Å². The second kappa shape index (κ2) is 3.25. The lowest BCUT2D eigenvalue weighted by molar-refractivity contribution is -0.419. The topological polar surface area (TPSA) is 43.1 Å². The molecule has 0 rings (SSSR count). The van der Waals surface area contributed by atoms with Crippen LogP contribution in [0.4, 0.5) is 0 Å². The van der Waals surface area contributed by atoms with Crippen LogP contribution in [-0.2, 0) is 0 Å². The molecule has 3 nitrogen and oxygen atoms in total. The lowest BCUT2D eigenvalue weighted by Crippen LogP contribution is -1.95. The Balaban J connectivity index is 4.23. The second-order valence-electron chi connectivity index (χ2n) is 1.34. The van der Waals surface area contributed by atoms with Gasteiger partial charge in [0, 0.05) is 0 Å². The highest BCUT2D eigenvalue weighted by molar-refractivity contribution is 6.31. The molecule has 0 aliphatic rings. The first-order valence-electron chi connectivity index (χ1n) is 2.25. The summed E-state index contributed by atoms with van der Waals surface area (Å²) in [6.45, 7) is 4.73. The van der Waals surface area contributed by atoms with Crippen LogP contribution >= 0.6 is 11.6 Å². The maximum absolute atomic E-state index is 9.88. The zero-order chi connectivity index (χ0) is 7.44. The molecule has 0 aromatic heterocycles. The summed E-state index contributed by atoms with van der Waals surface area (Å²) in [5.74, 6) is 0. The molecule has 0 aromatic rings. The SMILES string of the molecule is C=C(/C(Cl)=C\C)[N+](=O)[O-]. The van der Waals surface area contributed by atoms with Crippen LogP contribution in [0.5, 0.6) is 0 Å². The molecule has 0 saturated carbocycles. The van der Waals surface area contributed by atoms with Crippen LogP contribution in [0.2, 0.25) is 0 Å². The van der Waals surface area contributed by atoms with Gasteiger partial charge in [-0.15, -0.1) is 0 Å². The molecule has 0 aromatic carbocycles. The Morgan fingerprint density at radius 1 is 1.89 bits per heavy atom. The van der Waals surface area contributed by atoms with Crippen molar-refractivity contribution in [2.45, 2.75) is 6.92 Å². The summed E-state index contributed by atoms with van der Waals surface area (Å²) in [6, 6.07) is 0. The molecular formula is C5H6ClNO2. The van der Waals surface area contributed by atoms with Gasteiger partial charge < -0.3 is 0 Å². The predicted octanol–water partition coefficient (Wildman–Crippen LogP) is 1.92. The summed E-state index contributed by atoms with van der Waals surface area (Å²) >= 11 is 5.33. The molecule has 0 radical (unpaired) electrons. The fourth-order valence-electron chi connectivity index (χ4n) is 0.254. The molecule has 0 N–H and O–H groups in total. The summed E-state index contributed by atoms with van der Waals surface area (Å²) in [5, 5.41) is 9.96. The minimum atomic E-state index is -0.623. The molecule has 0 heterocycles. The maximum Gasteiger partial charge on any atom is 0.280 e. The fourth-order valence-corrected chi connectivity index (χ4v) is 0.323. The van der Waals surface area contributed by atoms with Crippen molar-refractivity contribution in [1.29, 1.82) is 0 Å². The first-order valence-corrected chi connectivity index (χ1v) is 2.63. The zero-order valence-electron chi connectivity index (χ0n) is 4.93. The number of hydrogen-bond acceptors (Lipinski definition) is 2. The van der Waals surface area contributed by atoms with Gasteiger partial charge in [0.05, 0.1) is 4.92 Å². The summed E-state index contributed by atoms with van der Waals surface area (Å²) < 4.78 is 0. The molecular weight excluding hydrogens is 142 g/mol. The minimum absolute atomic E-state index is 0.0833. The van der Waals surface area contributed by atoms with Crippen LogP contribution in [0.3, 0.4) is 0 Å². The Kier molecular flexibility index (Phi) is 2.95. The van der Waals surface area contributed by atoms with Gasteiger partial charge in [0.2, 0.25) is 0 Å². The van der Waals surface area contributed by atoms with Gasteiger partial charge in [0.1, 0.15) is 5.03 Å². The monoisotopic (exact) mass is 147 g/mol. The number of hydrogen-bond donors (Lipinski definition) is 0. The number of nitrogens with zero attached hydrogens (tertiary/aromatic N) is 1. The van der Waals surface area contributed by atoms with Gasteiger partial charge in [0.15, 0.2) is 0 Å². The van der Waals surface area contributed by atoms with Crippen molar-refractivity contribution >= 4 is 11.6 Å². The number of nitro groups is 1. The summed E-state index contributed by atoms with van der Waals surface area (Å²) in [5.41, 5.74) is -0.265. The lowest BCUT2D eigenvalue weighted by atomic mass is 10.4. The van der Waals surface area contributed by atoms with Crippen LogP contribution in [0.1, 0.15) is 6.92 Å². The third kappa shape index (κ3) is 2.28. The van der Waals surface area contributed by atoms with E-state index in [4.69, 9.17) is 11.6 Å². The van der Waals surface area contributed by atoms with Crippen LogP contribution in [-0.4, -0.2) is 4.92 Å². The standard InChI is InChI=1S/C5H6ClNO2/c1-3-5(6)4(2)7(8)9/h3H,2H2,1H3/b5-3+. The van der Waals surface area contributed by atoms with Crippen molar-refractivity contribution < 1.29 is 4.92 Å². The van der Waals surface area contributed by atoms with Gasteiger partial charge in [0.25, 0.3) is 5.70 Å². The number of rotatable bonds is 2. The smallest absolute Gasteiger partial charge is 0.258 e. The van der Waals surface area contributed by atoms with E-state index in [9.17, 15) is 10.1 Å². The van der Waals surface area contributed by atoms with E-state index < -0.39 is 4.92 Å². The maximum atomic E-state index is 9.88. The van der Waals surface area contributed by atoms with E-state index in [2.05, 4.69) is 6.58 Å². The molecule has 0 atom stereocenters. The van der Waals surface area contributed by atoms with Gasteiger partial charge in [-0.25, -0.2) is 0 Å². The van der Waals surface area contributed by atoms with Crippen molar-refractivity contribution in [3.63, 3.8) is 0 Å². The van der Waals surface area contributed by atoms with Gasteiger partial charge in [-0.05, 0) is 13.5 Å². The van der Waals surface area contributed by atoms with E-state index >= 15 is 0 Å². The Bertz CT molecular complexity index is 174.